The average Bonchev–Trinajstić information content (AvgIpc) is 2.48. The second kappa shape index (κ2) is 5.69. The second-order valence-electron chi connectivity index (χ2n) is 5.43. The predicted molar refractivity (Wildman–Crippen MR) is 80.2 cm³/mol. The van der Waals surface area contributed by atoms with Crippen LogP contribution >= 0.6 is 0 Å². The van der Waals surface area contributed by atoms with Crippen molar-refractivity contribution in [2.24, 2.45) is 20.5 Å². The SMILES string of the molecule is CN=NCN=Nc1cc2c3c(c1C)CCCN3CCC2. The van der Waals surface area contributed by atoms with Crippen LogP contribution in [-0.4, -0.2) is 26.8 Å². The molecule has 0 unspecified atom stereocenters. The summed E-state index contributed by atoms with van der Waals surface area (Å²) in [5.74, 6) is 0. The highest BCUT2D eigenvalue weighted by Crippen LogP contribution is 2.41. The summed E-state index contributed by atoms with van der Waals surface area (Å²) in [5.41, 5.74) is 6.72. The molecule has 5 heteroatoms. The quantitative estimate of drug-likeness (QED) is 0.771. The van der Waals surface area contributed by atoms with Gasteiger partial charge in [-0.1, -0.05) is 0 Å². The van der Waals surface area contributed by atoms with E-state index in [0.717, 1.165) is 12.1 Å². The van der Waals surface area contributed by atoms with E-state index >= 15 is 0 Å². The van der Waals surface area contributed by atoms with Crippen LogP contribution in [0, 0.1) is 6.92 Å². The van der Waals surface area contributed by atoms with E-state index < -0.39 is 0 Å². The van der Waals surface area contributed by atoms with Crippen LogP contribution in [0.5, 0.6) is 0 Å². The van der Waals surface area contributed by atoms with Gasteiger partial charge in [0.2, 0.25) is 0 Å². The maximum Gasteiger partial charge on any atom is 0.171 e. The maximum atomic E-state index is 4.36. The number of anilines is 1. The lowest BCUT2D eigenvalue weighted by Crippen LogP contribution is -2.34. The minimum absolute atomic E-state index is 0.314. The molecule has 2 aliphatic heterocycles. The smallest absolute Gasteiger partial charge is 0.171 e. The fraction of sp³-hybridized carbons (Fsp3) is 0.600. The zero-order chi connectivity index (χ0) is 13.9. The van der Waals surface area contributed by atoms with E-state index in [1.165, 1.54) is 54.7 Å². The molecule has 0 saturated heterocycles. The van der Waals surface area contributed by atoms with Gasteiger partial charge in [0.05, 0.1) is 5.69 Å². The number of benzene rings is 1. The highest BCUT2D eigenvalue weighted by Gasteiger charge is 2.26. The first kappa shape index (κ1) is 13.2. The Morgan fingerprint density at radius 3 is 2.75 bits per heavy atom. The highest BCUT2D eigenvalue weighted by atomic mass is 15.2. The van der Waals surface area contributed by atoms with Gasteiger partial charge in [-0.3, -0.25) is 0 Å². The minimum Gasteiger partial charge on any atom is -0.371 e. The maximum absolute atomic E-state index is 4.36. The average molecular weight is 271 g/mol. The number of aryl methyl sites for hydroxylation is 1. The molecular weight excluding hydrogens is 250 g/mol. The monoisotopic (exact) mass is 271 g/mol. The van der Waals surface area contributed by atoms with Crippen LogP contribution in [0.3, 0.4) is 0 Å². The number of hydrogen-bond acceptors (Lipinski definition) is 5. The molecule has 0 saturated carbocycles. The number of rotatable bonds is 3. The number of hydrogen-bond donors (Lipinski definition) is 0. The largest absolute Gasteiger partial charge is 0.371 e. The van der Waals surface area contributed by atoms with Gasteiger partial charge in [0.1, 0.15) is 0 Å². The van der Waals surface area contributed by atoms with Gasteiger partial charge in [-0.15, -0.1) is 0 Å². The molecule has 20 heavy (non-hydrogen) atoms. The van der Waals surface area contributed by atoms with Crippen molar-refractivity contribution < 1.29 is 0 Å². The van der Waals surface area contributed by atoms with Crippen LogP contribution in [0.2, 0.25) is 0 Å². The summed E-state index contributed by atoms with van der Waals surface area (Å²) in [6, 6.07) is 2.22. The molecule has 0 N–H and O–H groups in total. The second-order valence-corrected chi connectivity index (χ2v) is 5.43. The minimum atomic E-state index is 0.314. The first-order valence-electron chi connectivity index (χ1n) is 7.34. The van der Waals surface area contributed by atoms with Crippen molar-refractivity contribution in [3.05, 3.63) is 22.8 Å². The highest BCUT2D eigenvalue weighted by molar-refractivity contribution is 5.71. The van der Waals surface area contributed by atoms with Gasteiger partial charge < -0.3 is 4.90 Å². The summed E-state index contributed by atoms with van der Waals surface area (Å²) in [5, 5.41) is 16.0. The van der Waals surface area contributed by atoms with Gasteiger partial charge in [-0.05, 0) is 55.4 Å². The van der Waals surface area contributed by atoms with E-state index in [1.807, 2.05) is 0 Å². The van der Waals surface area contributed by atoms with Crippen LogP contribution in [0.4, 0.5) is 11.4 Å². The third-order valence-corrected chi connectivity index (χ3v) is 4.23. The lowest BCUT2D eigenvalue weighted by Gasteiger charge is -2.37. The molecule has 0 bridgehead atoms. The molecule has 1 aromatic carbocycles. The van der Waals surface area contributed by atoms with Gasteiger partial charge in [-0.25, -0.2) is 0 Å². The van der Waals surface area contributed by atoms with Crippen molar-refractivity contribution >= 4 is 11.4 Å². The Balaban J connectivity index is 1.99. The Bertz CT molecular complexity index is 560. The molecular formula is C15H21N5. The lowest BCUT2D eigenvalue weighted by atomic mass is 9.88. The standard InChI is InChI=1S/C15H21N5/c1-11-13-6-4-8-20-7-3-5-12(15(13)20)9-14(11)19-18-10-17-16-2/h9H,3-8,10H2,1-2H3. The van der Waals surface area contributed by atoms with Crippen molar-refractivity contribution in [1.82, 2.24) is 0 Å². The van der Waals surface area contributed by atoms with Crippen molar-refractivity contribution in [3.8, 4) is 0 Å². The van der Waals surface area contributed by atoms with Crippen LogP contribution in [-0.2, 0) is 12.8 Å². The van der Waals surface area contributed by atoms with E-state index in [2.05, 4.69) is 38.3 Å². The van der Waals surface area contributed by atoms with Crippen molar-refractivity contribution in [2.45, 2.75) is 32.6 Å². The summed E-state index contributed by atoms with van der Waals surface area (Å²) in [7, 11) is 1.65. The Morgan fingerprint density at radius 1 is 1.15 bits per heavy atom. The lowest BCUT2D eigenvalue weighted by molar-refractivity contribution is 0.632. The fourth-order valence-electron chi connectivity index (χ4n) is 3.30. The fourth-order valence-corrected chi connectivity index (χ4v) is 3.30. The molecule has 0 aliphatic carbocycles. The van der Waals surface area contributed by atoms with Crippen LogP contribution in [0.25, 0.3) is 0 Å². The molecule has 3 rings (SSSR count). The van der Waals surface area contributed by atoms with Crippen molar-refractivity contribution in [2.75, 3.05) is 31.7 Å². The summed E-state index contributed by atoms with van der Waals surface area (Å²) in [4.78, 5) is 2.55. The molecule has 0 amide bonds. The third-order valence-electron chi connectivity index (χ3n) is 4.23. The summed E-state index contributed by atoms with van der Waals surface area (Å²) in [6.07, 6.45) is 4.83. The van der Waals surface area contributed by atoms with E-state index in [9.17, 15) is 0 Å². The normalized spacial score (nSPS) is 18.0. The van der Waals surface area contributed by atoms with Gasteiger partial charge in [-0.2, -0.15) is 20.5 Å². The molecule has 106 valence electrons. The van der Waals surface area contributed by atoms with Crippen molar-refractivity contribution in [1.29, 1.82) is 0 Å². The molecule has 0 atom stereocenters. The van der Waals surface area contributed by atoms with Gasteiger partial charge in [0, 0.05) is 25.8 Å². The number of nitrogens with zero attached hydrogens (tertiary/aromatic N) is 5. The Labute approximate surface area is 119 Å². The Hall–Kier alpha value is -1.78. The van der Waals surface area contributed by atoms with Crippen LogP contribution in [0.15, 0.2) is 26.5 Å². The Morgan fingerprint density at radius 2 is 1.95 bits per heavy atom. The van der Waals surface area contributed by atoms with Gasteiger partial charge in [0.15, 0.2) is 6.67 Å². The predicted octanol–water partition coefficient (Wildman–Crippen LogP) is 3.82. The molecule has 1 aromatic rings. The molecule has 5 nitrogen and oxygen atoms in total. The van der Waals surface area contributed by atoms with E-state index in [0.29, 0.717) is 6.67 Å². The van der Waals surface area contributed by atoms with Crippen LogP contribution in [0.1, 0.15) is 29.5 Å². The molecule has 0 spiro atoms. The topological polar surface area (TPSA) is 52.7 Å². The summed E-state index contributed by atoms with van der Waals surface area (Å²) >= 11 is 0. The third kappa shape index (κ3) is 2.32. The molecule has 0 radical (unpaired) electrons. The summed E-state index contributed by atoms with van der Waals surface area (Å²) < 4.78 is 0. The van der Waals surface area contributed by atoms with E-state index in [4.69, 9.17) is 0 Å². The molecule has 0 fully saturated rings. The zero-order valence-corrected chi connectivity index (χ0v) is 12.3. The van der Waals surface area contributed by atoms with E-state index in [-0.39, 0.29) is 0 Å². The molecule has 2 aliphatic rings. The first-order valence-corrected chi connectivity index (χ1v) is 7.34. The first-order chi connectivity index (χ1) is 9.81. The molecule has 0 aromatic heterocycles. The van der Waals surface area contributed by atoms with Crippen molar-refractivity contribution in [3.63, 3.8) is 0 Å². The van der Waals surface area contributed by atoms with Gasteiger partial charge in [0.25, 0.3) is 0 Å². The summed E-state index contributed by atoms with van der Waals surface area (Å²) in [6.45, 7) is 4.90. The number of azo groups is 2. The zero-order valence-electron chi connectivity index (χ0n) is 12.3. The Kier molecular flexibility index (Phi) is 3.76. The van der Waals surface area contributed by atoms with E-state index in [1.54, 1.807) is 7.05 Å². The van der Waals surface area contributed by atoms with Crippen LogP contribution < -0.4 is 4.90 Å². The van der Waals surface area contributed by atoms with Gasteiger partial charge >= 0.3 is 0 Å². The molecule has 2 heterocycles.